The number of rotatable bonds is 9. The van der Waals surface area contributed by atoms with Crippen molar-refractivity contribution in [1.29, 1.82) is 0 Å². The van der Waals surface area contributed by atoms with E-state index in [1.165, 1.54) is 17.3 Å². The normalized spacial score (nSPS) is 11.1. The summed E-state index contributed by atoms with van der Waals surface area (Å²) in [4.78, 5) is 19.8. The smallest absolute Gasteiger partial charge is 0.289 e. The van der Waals surface area contributed by atoms with E-state index < -0.39 is 0 Å². The lowest BCUT2D eigenvalue weighted by atomic mass is 10.1. The van der Waals surface area contributed by atoms with Crippen LogP contribution in [0.3, 0.4) is 0 Å². The first-order valence-electron chi connectivity index (χ1n) is 11.6. The number of carbonyl (C=O) groups excluding carboxylic acids is 1. The molecule has 3 aromatic carbocycles. The lowest BCUT2D eigenvalue weighted by Gasteiger charge is -2.22. The van der Waals surface area contributed by atoms with Crippen LogP contribution in [-0.4, -0.2) is 22.3 Å². The molecule has 0 aliphatic rings. The fourth-order valence-corrected chi connectivity index (χ4v) is 4.68. The van der Waals surface area contributed by atoms with Crippen LogP contribution < -0.4 is 0 Å². The molecule has 0 saturated carbocycles. The summed E-state index contributed by atoms with van der Waals surface area (Å²) < 4.78 is 11.8. The van der Waals surface area contributed by atoms with E-state index in [4.69, 9.17) is 8.83 Å². The van der Waals surface area contributed by atoms with Crippen molar-refractivity contribution < 1.29 is 13.6 Å². The fraction of sp³-hybridized carbons (Fsp3) is 0.172. The Labute approximate surface area is 208 Å². The third-order valence-corrected chi connectivity index (χ3v) is 6.68. The Kier molecular flexibility index (Phi) is 7.00. The SMILES string of the molecule is Cc1cccc2oc(SCc3ccc(C(=O)N(CCc4ccccc4)Cc4ccccc4)o3)nc12. The number of carbonyl (C=O) groups is 1. The van der Waals surface area contributed by atoms with Gasteiger partial charge in [0.25, 0.3) is 11.1 Å². The van der Waals surface area contributed by atoms with Gasteiger partial charge in [-0.25, -0.2) is 4.98 Å². The van der Waals surface area contributed by atoms with Crippen molar-refractivity contribution in [2.75, 3.05) is 6.54 Å². The third-order valence-electron chi connectivity index (χ3n) is 5.83. The molecule has 176 valence electrons. The van der Waals surface area contributed by atoms with Gasteiger partial charge in [-0.1, -0.05) is 84.6 Å². The molecule has 5 nitrogen and oxygen atoms in total. The number of para-hydroxylation sites is 1. The molecular weight excluding hydrogens is 456 g/mol. The Morgan fingerprint density at radius 2 is 1.60 bits per heavy atom. The van der Waals surface area contributed by atoms with Crippen LogP contribution in [0.25, 0.3) is 11.1 Å². The zero-order valence-corrected chi connectivity index (χ0v) is 20.3. The van der Waals surface area contributed by atoms with Gasteiger partial charge in [-0.15, -0.1) is 0 Å². The number of nitrogens with zero attached hydrogens (tertiary/aromatic N) is 2. The summed E-state index contributed by atoms with van der Waals surface area (Å²) in [5.74, 6) is 1.47. The Hall–Kier alpha value is -3.77. The highest BCUT2D eigenvalue weighted by Crippen LogP contribution is 2.28. The van der Waals surface area contributed by atoms with Gasteiger partial charge in [-0.05, 0) is 48.2 Å². The molecule has 1 amide bonds. The van der Waals surface area contributed by atoms with Crippen molar-refractivity contribution in [3.8, 4) is 0 Å². The average molecular weight is 483 g/mol. The van der Waals surface area contributed by atoms with E-state index in [1.807, 2.05) is 84.6 Å². The van der Waals surface area contributed by atoms with E-state index in [1.54, 1.807) is 6.07 Å². The van der Waals surface area contributed by atoms with Crippen LogP contribution in [0.5, 0.6) is 0 Å². The van der Waals surface area contributed by atoms with Crippen LogP contribution in [0.4, 0.5) is 0 Å². The maximum atomic E-state index is 13.4. The lowest BCUT2D eigenvalue weighted by Crippen LogP contribution is -2.32. The quantitative estimate of drug-likeness (QED) is 0.214. The van der Waals surface area contributed by atoms with Gasteiger partial charge >= 0.3 is 0 Å². The molecule has 0 bridgehead atoms. The van der Waals surface area contributed by atoms with E-state index in [2.05, 4.69) is 17.1 Å². The third kappa shape index (κ3) is 5.66. The Bertz CT molecular complexity index is 1410. The van der Waals surface area contributed by atoms with E-state index in [-0.39, 0.29) is 5.91 Å². The minimum atomic E-state index is -0.112. The largest absolute Gasteiger partial charge is 0.455 e. The molecule has 35 heavy (non-hydrogen) atoms. The van der Waals surface area contributed by atoms with Crippen molar-refractivity contribution in [1.82, 2.24) is 9.88 Å². The molecule has 2 aromatic heterocycles. The summed E-state index contributed by atoms with van der Waals surface area (Å²) in [5.41, 5.74) is 5.02. The summed E-state index contributed by atoms with van der Waals surface area (Å²) >= 11 is 1.46. The summed E-state index contributed by atoms with van der Waals surface area (Å²) in [6.45, 7) is 3.15. The molecule has 6 heteroatoms. The number of aromatic nitrogens is 1. The van der Waals surface area contributed by atoms with E-state index in [9.17, 15) is 4.79 Å². The highest BCUT2D eigenvalue weighted by molar-refractivity contribution is 7.98. The molecule has 0 N–H and O–H groups in total. The van der Waals surface area contributed by atoms with Crippen molar-refractivity contribution in [2.45, 2.75) is 30.9 Å². The first-order valence-corrected chi connectivity index (χ1v) is 12.6. The number of thioether (sulfide) groups is 1. The molecule has 0 unspecified atom stereocenters. The summed E-state index contributed by atoms with van der Waals surface area (Å²) in [7, 11) is 0. The topological polar surface area (TPSA) is 59.5 Å². The second-order valence-electron chi connectivity index (χ2n) is 8.40. The second kappa shape index (κ2) is 10.7. The highest BCUT2D eigenvalue weighted by Gasteiger charge is 2.20. The van der Waals surface area contributed by atoms with Crippen LogP contribution in [0.15, 0.2) is 105 Å². The predicted molar refractivity (Wildman–Crippen MR) is 138 cm³/mol. The van der Waals surface area contributed by atoms with Gasteiger partial charge < -0.3 is 13.7 Å². The predicted octanol–water partition coefficient (Wildman–Crippen LogP) is 6.91. The minimum absolute atomic E-state index is 0.112. The van der Waals surface area contributed by atoms with Gasteiger partial charge in [0.05, 0.1) is 5.75 Å². The van der Waals surface area contributed by atoms with Crippen LogP contribution in [-0.2, 0) is 18.7 Å². The van der Waals surface area contributed by atoms with Gasteiger partial charge in [-0.3, -0.25) is 4.79 Å². The van der Waals surface area contributed by atoms with Crippen molar-refractivity contribution in [3.05, 3.63) is 119 Å². The Morgan fingerprint density at radius 3 is 2.34 bits per heavy atom. The number of hydrogen-bond acceptors (Lipinski definition) is 5. The Balaban J connectivity index is 1.27. The zero-order chi connectivity index (χ0) is 24.0. The second-order valence-corrected chi connectivity index (χ2v) is 9.33. The molecule has 0 spiro atoms. The van der Waals surface area contributed by atoms with Gasteiger partial charge in [0.2, 0.25) is 0 Å². The first-order chi connectivity index (χ1) is 17.2. The summed E-state index contributed by atoms with van der Waals surface area (Å²) in [6, 6.07) is 29.8. The molecule has 5 aromatic rings. The van der Waals surface area contributed by atoms with Gasteiger partial charge in [-0.2, -0.15) is 0 Å². The summed E-state index contributed by atoms with van der Waals surface area (Å²) in [6.07, 6.45) is 0.778. The maximum Gasteiger partial charge on any atom is 0.289 e. The number of aryl methyl sites for hydroxylation is 1. The molecule has 0 aliphatic heterocycles. The van der Waals surface area contributed by atoms with E-state index >= 15 is 0 Å². The van der Waals surface area contributed by atoms with Gasteiger partial charge in [0.1, 0.15) is 11.3 Å². The molecule has 5 rings (SSSR count). The Morgan fingerprint density at radius 1 is 0.857 bits per heavy atom. The molecule has 0 saturated heterocycles. The molecule has 0 aliphatic carbocycles. The standard InChI is InChI=1S/C29H26N2O3S/c1-21-9-8-14-25-27(21)30-29(34-25)35-20-24-15-16-26(33-24)28(32)31(19-23-12-6-3-7-13-23)18-17-22-10-4-2-5-11-22/h2-16H,17-20H2,1H3. The number of benzene rings is 3. The number of hydrogen-bond donors (Lipinski definition) is 0. The lowest BCUT2D eigenvalue weighted by molar-refractivity contribution is 0.0711. The number of oxazole rings is 1. The average Bonchev–Trinajstić information content (AvgIpc) is 3.54. The molecule has 0 fully saturated rings. The first kappa shape index (κ1) is 23.0. The van der Waals surface area contributed by atoms with Gasteiger partial charge in [0.15, 0.2) is 11.3 Å². The minimum Gasteiger partial charge on any atom is -0.455 e. The maximum absolute atomic E-state index is 13.4. The van der Waals surface area contributed by atoms with Crippen LogP contribution in [0.1, 0.15) is 33.0 Å². The number of amides is 1. The fourth-order valence-electron chi connectivity index (χ4n) is 3.95. The van der Waals surface area contributed by atoms with Crippen molar-refractivity contribution >= 4 is 28.8 Å². The molecule has 0 atom stereocenters. The van der Waals surface area contributed by atoms with Crippen LogP contribution >= 0.6 is 11.8 Å². The van der Waals surface area contributed by atoms with Crippen molar-refractivity contribution in [3.63, 3.8) is 0 Å². The highest BCUT2D eigenvalue weighted by atomic mass is 32.2. The summed E-state index contributed by atoms with van der Waals surface area (Å²) in [5, 5.41) is 0.590. The zero-order valence-electron chi connectivity index (χ0n) is 19.5. The van der Waals surface area contributed by atoms with Gasteiger partial charge in [0, 0.05) is 13.1 Å². The molecule has 2 heterocycles. The number of furan rings is 1. The van der Waals surface area contributed by atoms with E-state index in [0.29, 0.717) is 35.6 Å². The monoisotopic (exact) mass is 482 g/mol. The number of fused-ring (bicyclic) bond motifs is 1. The molecule has 0 radical (unpaired) electrons. The van der Waals surface area contributed by atoms with Crippen LogP contribution in [0.2, 0.25) is 0 Å². The van der Waals surface area contributed by atoms with Crippen molar-refractivity contribution in [2.24, 2.45) is 0 Å². The molecular formula is C29H26N2O3S. The van der Waals surface area contributed by atoms with Crippen LogP contribution in [0, 0.1) is 6.92 Å². The van der Waals surface area contributed by atoms with E-state index in [0.717, 1.165) is 28.6 Å².